The van der Waals surface area contributed by atoms with Gasteiger partial charge in [0.05, 0.1) is 24.4 Å². The van der Waals surface area contributed by atoms with Gasteiger partial charge >= 0.3 is 0 Å². The first kappa shape index (κ1) is 14.7. The molecule has 0 radical (unpaired) electrons. The van der Waals surface area contributed by atoms with E-state index in [2.05, 4.69) is 25.9 Å². The standard InChI is InChI=1S/C14H15BrN2O3/c1-19-13-4-3-9(5-10(13)15)6-12(18)11-7-14(20-2)17-8-16-11/h3-5,7-8,12,18H,6H2,1-2H3. The normalized spacial score (nSPS) is 12.0. The highest BCUT2D eigenvalue weighted by molar-refractivity contribution is 9.10. The van der Waals surface area contributed by atoms with Gasteiger partial charge in [-0.15, -0.1) is 0 Å². The third kappa shape index (κ3) is 3.46. The van der Waals surface area contributed by atoms with Gasteiger partial charge in [-0.25, -0.2) is 9.97 Å². The molecule has 0 spiro atoms. The monoisotopic (exact) mass is 338 g/mol. The number of benzene rings is 1. The fraction of sp³-hybridized carbons (Fsp3) is 0.286. The van der Waals surface area contributed by atoms with Crippen molar-refractivity contribution in [2.45, 2.75) is 12.5 Å². The zero-order valence-electron chi connectivity index (χ0n) is 11.2. The van der Waals surface area contributed by atoms with Crippen LogP contribution in [0.4, 0.5) is 0 Å². The number of aliphatic hydroxyl groups excluding tert-OH is 1. The molecule has 20 heavy (non-hydrogen) atoms. The number of rotatable bonds is 5. The second-order valence-corrected chi connectivity index (χ2v) is 5.03. The van der Waals surface area contributed by atoms with Gasteiger partial charge in [0, 0.05) is 12.5 Å². The third-order valence-electron chi connectivity index (χ3n) is 2.86. The summed E-state index contributed by atoms with van der Waals surface area (Å²) in [5.74, 6) is 1.19. The van der Waals surface area contributed by atoms with Crippen LogP contribution in [0, 0.1) is 0 Å². The maximum Gasteiger partial charge on any atom is 0.216 e. The zero-order chi connectivity index (χ0) is 14.5. The number of hydrogen-bond acceptors (Lipinski definition) is 5. The van der Waals surface area contributed by atoms with Crippen LogP contribution in [-0.4, -0.2) is 29.3 Å². The summed E-state index contributed by atoms with van der Waals surface area (Å²) in [6.45, 7) is 0. The number of hydrogen-bond donors (Lipinski definition) is 1. The molecule has 0 aliphatic heterocycles. The smallest absolute Gasteiger partial charge is 0.216 e. The molecule has 106 valence electrons. The first-order chi connectivity index (χ1) is 9.63. The molecule has 1 N–H and O–H groups in total. The highest BCUT2D eigenvalue weighted by Gasteiger charge is 2.12. The van der Waals surface area contributed by atoms with Gasteiger partial charge in [-0.1, -0.05) is 6.07 Å². The number of nitrogens with zero attached hydrogens (tertiary/aromatic N) is 2. The molecule has 6 heteroatoms. The molecule has 1 heterocycles. The molecule has 2 rings (SSSR count). The molecule has 0 saturated heterocycles. The van der Waals surface area contributed by atoms with Gasteiger partial charge in [-0.2, -0.15) is 0 Å². The molecule has 1 unspecified atom stereocenters. The molecule has 0 amide bonds. The van der Waals surface area contributed by atoms with E-state index >= 15 is 0 Å². The van der Waals surface area contributed by atoms with Gasteiger partial charge in [-0.3, -0.25) is 0 Å². The first-order valence-corrected chi connectivity index (χ1v) is 6.79. The van der Waals surface area contributed by atoms with Crippen molar-refractivity contribution in [2.24, 2.45) is 0 Å². The highest BCUT2D eigenvalue weighted by atomic mass is 79.9. The second-order valence-electron chi connectivity index (χ2n) is 4.17. The van der Waals surface area contributed by atoms with Gasteiger partial charge in [0.1, 0.15) is 18.2 Å². The van der Waals surface area contributed by atoms with Crippen LogP contribution in [0.1, 0.15) is 17.4 Å². The number of aliphatic hydroxyl groups is 1. The molecule has 1 atom stereocenters. The SMILES string of the molecule is COc1cc(C(O)Cc2ccc(OC)c(Br)c2)ncn1. The number of methoxy groups -OCH3 is 2. The molecule has 1 aromatic heterocycles. The van der Waals surface area contributed by atoms with Crippen LogP contribution < -0.4 is 9.47 Å². The van der Waals surface area contributed by atoms with Crippen LogP contribution in [-0.2, 0) is 6.42 Å². The summed E-state index contributed by atoms with van der Waals surface area (Å²) in [6.07, 6.45) is 1.11. The van der Waals surface area contributed by atoms with Crippen molar-refractivity contribution in [3.63, 3.8) is 0 Å². The van der Waals surface area contributed by atoms with Gasteiger partial charge in [0.15, 0.2) is 0 Å². The lowest BCUT2D eigenvalue weighted by Crippen LogP contribution is -2.05. The Balaban J connectivity index is 2.14. The molecule has 5 nitrogen and oxygen atoms in total. The minimum atomic E-state index is -0.716. The van der Waals surface area contributed by atoms with Crippen LogP contribution >= 0.6 is 15.9 Å². The van der Waals surface area contributed by atoms with Crippen LogP contribution in [0.5, 0.6) is 11.6 Å². The molecule has 0 aliphatic rings. The maximum atomic E-state index is 10.2. The van der Waals surface area contributed by atoms with Crippen molar-refractivity contribution in [3.05, 3.63) is 46.3 Å². The minimum Gasteiger partial charge on any atom is -0.496 e. The first-order valence-electron chi connectivity index (χ1n) is 6.00. The lowest BCUT2D eigenvalue weighted by Gasteiger charge is -2.12. The third-order valence-corrected chi connectivity index (χ3v) is 3.48. The Morgan fingerprint density at radius 3 is 2.65 bits per heavy atom. The fourth-order valence-corrected chi connectivity index (χ4v) is 2.40. The van der Waals surface area contributed by atoms with E-state index in [-0.39, 0.29) is 0 Å². The highest BCUT2D eigenvalue weighted by Crippen LogP contribution is 2.27. The molecule has 2 aromatic rings. The Kier molecular flexibility index (Phi) is 4.92. The van der Waals surface area contributed by atoms with E-state index in [0.29, 0.717) is 18.0 Å². The van der Waals surface area contributed by atoms with E-state index < -0.39 is 6.10 Å². The molecule has 0 bridgehead atoms. The van der Waals surface area contributed by atoms with E-state index in [1.165, 1.54) is 13.4 Å². The summed E-state index contributed by atoms with van der Waals surface area (Å²) in [5.41, 5.74) is 1.51. The Bertz CT molecular complexity index is 592. The van der Waals surface area contributed by atoms with E-state index in [4.69, 9.17) is 9.47 Å². The van der Waals surface area contributed by atoms with Crippen molar-refractivity contribution in [1.29, 1.82) is 0 Å². The molecule has 0 saturated carbocycles. The number of ether oxygens (including phenoxy) is 2. The van der Waals surface area contributed by atoms with E-state index in [1.807, 2.05) is 18.2 Å². The Hall–Kier alpha value is -1.66. The van der Waals surface area contributed by atoms with Crippen LogP contribution in [0.3, 0.4) is 0 Å². The van der Waals surface area contributed by atoms with E-state index in [1.54, 1.807) is 13.2 Å². The Labute approximate surface area is 125 Å². The summed E-state index contributed by atoms with van der Waals surface area (Å²) >= 11 is 3.42. The van der Waals surface area contributed by atoms with E-state index in [9.17, 15) is 5.11 Å². The predicted molar refractivity (Wildman–Crippen MR) is 77.9 cm³/mol. The van der Waals surface area contributed by atoms with Crippen molar-refractivity contribution in [3.8, 4) is 11.6 Å². The van der Waals surface area contributed by atoms with Crippen molar-refractivity contribution < 1.29 is 14.6 Å². The van der Waals surface area contributed by atoms with Crippen molar-refractivity contribution >= 4 is 15.9 Å². The van der Waals surface area contributed by atoms with Crippen LogP contribution in [0.2, 0.25) is 0 Å². The Morgan fingerprint density at radius 2 is 2.00 bits per heavy atom. The van der Waals surface area contributed by atoms with E-state index in [0.717, 1.165) is 15.8 Å². The molecule has 0 fully saturated rings. The summed E-state index contributed by atoms with van der Waals surface area (Å²) < 4.78 is 11.0. The summed E-state index contributed by atoms with van der Waals surface area (Å²) in [7, 11) is 3.14. The lowest BCUT2D eigenvalue weighted by atomic mass is 10.1. The molecular weight excluding hydrogens is 324 g/mol. The lowest BCUT2D eigenvalue weighted by molar-refractivity contribution is 0.172. The predicted octanol–water partition coefficient (Wildman–Crippen LogP) is 2.53. The molecule has 0 aliphatic carbocycles. The number of halogens is 1. The Morgan fingerprint density at radius 1 is 1.20 bits per heavy atom. The zero-order valence-corrected chi connectivity index (χ0v) is 12.8. The quantitative estimate of drug-likeness (QED) is 0.907. The molecule has 1 aromatic carbocycles. The average molecular weight is 339 g/mol. The topological polar surface area (TPSA) is 64.5 Å². The van der Waals surface area contributed by atoms with Crippen LogP contribution in [0.15, 0.2) is 35.1 Å². The summed E-state index contributed by atoms with van der Waals surface area (Å²) in [6, 6.07) is 7.31. The van der Waals surface area contributed by atoms with Gasteiger partial charge < -0.3 is 14.6 Å². The summed E-state index contributed by atoms with van der Waals surface area (Å²) in [5, 5.41) is 10.2. The largest absolute Gasteiger partial charge is 0.496 e. The van der Waals surface area contributed by atoms with Gasteiger partial charge in [-0.05, 0) is 33.6 Å². The minimum absolute atomic E-state index is 0.435. The number of aromatic nitrogens is 2. The fourth-order valence-electron chi connectivity index (χ4n) is 1.81. The van der Waals surface area contributed by atoms with Crippen molar-refractivity contribution in [2.75, 3.05) is 14.2 Å². The average Bonchev–Trinajstić information content (AvgIpc) is 2.47. The maximum absolute atomic E-state index is 10.2. The summed E-state index contributed by atoms with van der Waals surface area (Å²) in [4.78, 5) is 7.98. The second kappa shape index (κ2) is 6.67. The van der Waals surface area contributed by atoms with Gasteiger partial charge in [0.25, 0.3) is 0 Å². The van der Waals surface area contributed by atoms with Crippen molar-refractivity contribution in [1.82, 2.24) is 9.97 Å². The van der Waals surface area contributed by atoms with Crippen LogP contribution in [0.25, 0.3) is 0 Å². The molecular formula is C14H15BrN2O3. The van der Waals surface area contributed by atoms with Gasteiger partial charge in [0.2, 0.25) is 5.88 Å².